The fourth-order valence-electron chi connectivity index (χ4n) is 1.41. The van der Waals surface area contributed by atoms with Crippen molar-refractivity contribution in [1.29, 1.82) is 5.26 Å². The standard InChI is InChI=1S/C12H14F3N3S/c1-8-6-10(12(13,14)15)9(7-16)11(17-8)19-5-4-18(2)3/h6H,4-5H2,1-3H3. The summed E-state index contributed by atoms with van der Waals surface area (Å²) in [4.78, 5) is 5.95. The average Bonchev–Trinajstić information content (AvgIpc) is 2.26. The highest BCUT2D eigenvalue weighted by molar-refractivity contribution is 7.99. The van der Waals surface area contributed by atoms with E-state index in [9.17, 15) is 13.2 Å². The molecular weight excluding hydrogens is 275 g/mol. The molecule has 104 valence electrons. The van der Waals surface area contributed by atoms with Crippen LogP contribution in [0.4, 0.5) is 13.2 Å². The normalized spacial score (nSPS) is 11.7. The smallest absolute Gasteiger partial charge is 0.309 e. The second-order valence-electron chi connectivity index (χ2n) is 4.25. The zero-order chi connectivity index (χ0) is 14.6. The van der Waals surface area contributed by atoms with Crippen LogP contribution in [-0.4, -0.2) is 36.3 Å². The zero-order valence-electron chi connectivity index (χ0n) is 10.9. The first kappa shape index (κ1) is 15.8. The van der Waals surface area contributed by atoms with Crippen molar-refractivity contribution in [2.45, 2.75) is 18.1 Å². The number of nitriles is 1. The predicted molar refractivity (Wildman–Crippen MR) is 68.0 cm³/mol. The van der Waals surface area contributed by atoms with Crippen molar-refractivity contribution in [3.63, 3.8) is 0 Å². The van der Waals surface area contributed by atoms with Gasteiger partial charge in [-0.3, -0.25) is 0 Å². The molecule has 0 amide bonds. The number of alkyl halides is 3. The summed E-state index contributed by atoms with van der Waals surface area (Å²) in [5, 5.41) is 9.10. The Labute approximate surface area is 114 Å². The molecule has 1 aromatic heterocycles. The number of rotatable bonds is 4. The molecule has 0 bridgehead atoms. The molecule has 0 fully saturated rings. The maximum atomic E-state index is 12.8. The first-order chi connectivity index (χ1) is 8.75. The van der Waals surface area contributed by atoms with Crippen LogP contribution in [0.25, 0.3) is 0 Å². The minimum atomic E-state index is -4.53. The van der Waals surface area contributed by atoms with Gasteiger partial charge in [-0.05, 0) is 27.1 Å². The Balaban J connectivity index is 3.11. The molecule has 0 aliphatic heterocycles. The minimum Gasteiger partial charge on any atom is -0.309 e. The maximum Gasteiger partial charge on any atom is 0.417 e. The lowest BCUT2D eigenvalue weighted by atomic mass is 10.1. The Morgan fingerprint density at radius 1 is 1.42 bits per heavy atom. The van der Waals surface area contributed by atoms with Gasteiger partial charge in [0, 0.05) is 18.0 Å². The summed E-state index contributed by atoms with van der Waals surface area (Å²) in [5.74, 6) is 0.579. The molecule has 0 unspecified atom stereocenters. The lowest BCUT2D eigenvalue weighted by Gasteiger charge is -2.13. The van der Waals surface area contributed by atoms with Gasteiger partial charge in [0.25, 0.3) is 0 Å². The third-order valence-electron chi connectivity index (χ3n) is 2.31. The van der Waals surface area contributed by atoms with Crippen LogP contribution in [0.15, 0.2) is 11.1 Å². The molecule has 0 aliphatic rings. The number of aromatic nitrogens is 1. The van der Waals surface area contributed by atoms with E-state index in [1.807, 2.05) is 19.0 Å². The Bertz CT molecular complexity index is 492. The van der Waals surface area contributed by atoms with E-state index in [-0.39, 0.29) is 16.3 Å². The van der Waals surface area contributed by atoms with E-state index in [1.54, 1.807) is 6.07 Å². The Morgan fingerprint density at radius 3 is 2.53 bits per heavy atom. The number of hydrogen-bond acceptors (Lipinski definition) is 4. The number of halogens is 3. The van der Waals surface area contributed by atoms with Gasteiger partial charge < -0.3 is 4.90 Å². The number of thioether (sulfide) groups is 1. The second kappa shape index (κ2) is 6.26. The molecule has 1 rings (SSSR count). The Morgan fingerprint density at radius 2 is 2.05 bits per heavy atom. The summed E-state index contributed by atoms with van der Waals surface area (Å²) in [6.45, 7) is 2.19. The molecule has 19 heavy (non-hydrogen) atoms. The monoisotopic (exact) mass is 289 g/mol. The molecule has 0 aromatic carbocycles. The van der Waals surface area contributed by atoms with Gasteiger partial charge in [-0.15, -0.1) is 11.8 Å². The van der Waals surface area contributed by atoms with Crippen LogP contribution < -0.4 is 0 Å². The van der Waals surface area contributed by atoms with Crippen molar-refractivity contribution in [3.8, 4) is 6.07 Å². The second-order valence-corrected chi connectivity index (χ2v) is 5.34. The predicted octanol–water partition coefficient (Wildman–Crippen LogP) is 2.93. The summed E-state index contributed by atoms with van der Waals surface area (Å²) in [6.07, 6.45) is -4.53. The van der Waals surface area contributed by atoms with E-state index in [4.69, 9.17) is 5.26 Å². The molecular formula is C12H14F3N3S. The summed E-state index contributed by atoms with van der Waals surface area (Å²) >= 11 is 1.17. The van der Waals surface area contributed by atoms with Gasteiger partial charge in [0.05, 0.1) is 11.1 Å². The van der Waals surface area contributed by atoms with Crippen LogP contribution >= 0.6 is 11.8 Å². The van der Waals surface area contributed by atoms with Crippen molar-refractivity contribution in [2.75, 3.05) is 26.4 Å². The summed E-state index contributed by atoms with van der Waals surface area (Å²) in [7, 11) is 3.74. The molecule has 0 aliphatic carbocycles. The third kappa shape index (κ3) is 4.40. The van der Waals surface area contributed by atoms with Gasteiger partial charge in [0.2, 0.25) is 0 Å². The van der Waals surface area contributed by atoms with Crippen molar-refractivity contribution in [2.24, 2.45) is 0 Å². The van der Waals surface area contributed by atoms with Crippen LogP contribution in [0, 0.1) is 18.3 Å². The van der Waals surface area contributed by atoms with Gasteiger partial charge in [-0.2, -0.15) is 18.4 Å². The van der Waals surface area contributed by atoms with Crippen molar-refractivity contribution < 1.29 is 13.2 Å². The van der Waals surface area contributed by atoms with Gasteiger partial charge in [-0.25, -0.2) is 4.98 Å². The Hall–Kier alpha value is -1.26. The Kier molecular flexibility index (Phi) is 5.20. The fraction of sp³-hybridized carbons (Fsp3) is 0.500. The highest BCUT2D eigenvalue weighted by atomic mass is 32.2. The largest absolute Gasteiger partial charge is 0.417 e. The number of nitrogens with zero attached hydrogens (tertiary/aromatic N) is 3. The molecule has 1 aromatic rings. The van der Waals surface area contributed by atoms with Crippen LogP contribution in [-0.2, 0) is 6.18 Å². The van der Waals surface area contributed by atoms with Crippen molar-refractivity contribution >= 4 is 11.8 Å². The quantitative estimate of drug-likeness (QED) is 0.799. The van der Waals surface area contributed by atoms with Crippen LogP contribution in [0.1, 0.15) is 16.8 Å². The van der Waals surface area contributed by atoms with Gasteiger partial charge in [0.15, 0.2) is 0 Å². The average molecular weight is 289 g/mol. The lowest BCUT2D eigenvalue weighted by Crippen LogP contribution is -2.15. The molecule has 0 saturated heterocycles. The summed E-state index contributed by atoms with van der Waals surface area (Å²) < 4.78 is 38.5. The number of aryl methyl sites for hydroxylation is 1. The van der Waals surface area contributed by atoms with Gasteiger partial charge in [-0.1, -0.05) is 0 Å². The maximum absolute atomic E-state index is 12.8. The van der Waals surface area contributed by atoms with E-state index in [2.05, 4.69) is 4.98 Å². The first-order valence-electron chi connectivity index (χ1n) is 5.52. The van der Waals surface area contributed by atoms with E-state index >= 15 is 0 Å². The van der Waals surface area contributed by atoms with E-state index in [1.165, 1.54) is 18.7 Å². The topological polar surface area (TPSA) is 39.9 Å². The van der Waals surface area contributed by atoms with Crippen LogP contribution in [0.3, 0.4) is 0 Å². The number of pyridine rings is 1. The number of hydrogen-bond donors (Lipinski definition) is 0. The van der Waals surface area contributed by atoms with E-state index in [0.717, 1.165) is 6.07 Å². The van der Waals surface area contributed by atoms with E-state index in [0.29, 0.717) is 12.3 Å². The third-order valence-corrected chi connectivity index (χ3v) is 3.26. The zero-order valence-corrected chi connectivity index (χ0v) is 11.7. The van der Waals surface area contributed by atoms with Crippen LogP contribution in [0.2, 0.25) is 0 Å². The molecule has 0 spiro atoms. The van der Waals surface area contributed by atoms with Crippen molar-refractivity contribution in [3.05, 3.63) is 22.9 Å². The van der Waals surface area contributed by atoms with Gasteiger partial charge in [0.1, 0.15) is 11.1 Å². The summed E-state index contributed by atoms with van der Waals surface area (Å²) in [5.41, 5.74) is -1.03. The van der Waals surface area contributed by atoms with E-state index < -0.39 is 11.7 Å². The molecule has 7 heteroatoms. The molecule has 0 saturated carbocycles. The molecule has 3 nitrogen and oxygen atoms in total. The SMILES string of the molecule is Cc1cc(C(F)(F)F)c(C#N)c(SCCN(C)C)n1. The fourth-order valence-corrected chi connectivity index (χ4v) is 2.56. The highest BCUT2D eigenvalue weighted by Gasteiger charge is 2.35. The van der Waals surface area contributed by atoms with Gasteiger partial charge >= 0.3 is 6.18 Å². The molecule has 0 atom stereocenters. The lowest BCUT2D eigenvalue weighted by molar-refractivity contribution is -0.138. The minimum absolute atomic E-state index is 0.150. The van der Waals surface area contributed by atoms with Crippen molar-refractivity contribution in [1.82, 2.24) is 9.88 Å². The van der Waals surface area contributed by atoms with Crippen LogP contribution in [0.5, 0.6) is 0 Å². The first-order valence-corrected chi connectivity index (χ1v) is 6.50. The molecule has 1 heterocycles. The highest BCUT2D eigenvalue weighted by Crippen LogP contribution is 2.35. The summed E-state index contributed by atoms with van der Waals surface area (Å²) in [6, 6.07) is 2.53. The molecule has 0 radical (unpaired) electrons. The molecule has 0 N–H and O–H groups in total.